The number of quaternary nitrogens is 1. The third kappa shape index (κ3) is 6.32. The van der Waals surface area contributed by atoms with Crippen molar-refractivity contribution >= 4 is 0 Å². The average Bonchev–Trinajstić information content (AvgIpc) is 2.59. The zero-order valence-corrected chi connectivity index (χ0v) is 16.8. The molecule has 2 unspecified atom stereocenters. The summed E-state index contributed by atoms with van der Waals surface area (Å²) in [5.41, 5.74) is 4.44. The lowest BCUT2D eigenvalue weighted by Crippen LogP contribution is -2.33. The van der Waals surface area contributed by atoms with E-state index in [9.17, 15) is 0 Å². The highest BCUT2D eigenvalue weighted by Gasteiger charge is 2.18. The molecule has 2 aromatic rings. The van der Waals surface area contributed by atoms with Gasteiger partial charge in [-0.15, -0.1) is 0 Å². The zero-order valence-electron chi connectivity index (χ0n) is 16.8. The largest absolute Gasteiger partial charge is 0.327 e. The standard InChI is InChI=1S/C24H36N/c1-6-11-24(18-21(7-2)22-12-9-8-10-13-22)23-16-14-20(15-17-23)19-25(3,4)5/h8-10,12-17,21,24H,6-7,11,18-19H2,1-5H3/q+1. The Bertz CT molecular complexity index is 607. The molecule has 0 amide bonds. The van der Waals surface area contributed by atoms with Gasteiger partial charge in [0.1, 0.15) is 6.54 Å². The minimum atomic E-state index is 0.656. The van der Waals surface area contributed by atoms with Gasteiger partial charge < -0.3 is 4.48 Å². The van der Waals surface area contributed by atoms with Crippen molar-refractivity contribution < 1.29 is 4.48 Å². The lowest BCUT2D eigenvalue weighted by molar-refractivity contribution is -0.884. The van der Waals surface area contributed by atoms with Crippen LogP contribution in [0.4, 0.5) is 0 Å². The quantitative estimate of drug-likeness (QED) is 0.467. The molecule has 0 bridgehead atoms. The minimum absolute atomic E-state index is 0.656. The molecule has 0 aliphatic carbocycles. The summed E-state index contributed by atoms with van der Waals surface area (Å²) in [6.07, 6.45) is 4.99. The van der Waals surface area contributed by atoms with Crippen LogP contribution in [0.5, 0.6) is 0 Å². The molecule has 0 N–H and O–H groups in total. The Balaban J connectivity index is 2.14. The molecule has 136 valence electrons. The topological polar surface area (TPSA) is 0 Å². The van der Waals surface area contributed by atoms with E-state index >= 15 is 0 Å². The minimum Gasteiger partial charge on any atom is -0.327 e. The van der Waals surface area contributed by atoms with Crippen molar-refractivity contribution in [2.24, 2.45) is 0 Å². The molecule has 0 heterocycles. The number of benzene rings is 2. The van der Waals surface area contributed by atoms with Gasteiger partial charge in [0.15, 0.2) is 0 Å². The smallest absolute Gasteiger partial charge is 0.104 e. The van der Waals surface area contributed by atoms with Crippen molar-refractivity contribution in [1.29, 1.82) is 0 Å². The van der Waals surface area contributed by atoms with Gasteiger partial charge >= 0.3 is 0 Å². The fraction of sp³-hybridized carbons (Fsp3) is 0.500. The molecule has 0 fully saturated rings. The highest BCUT2D eigenvalue weighted by molar-refractivity contribution is 5.27. The van der Waals surface area contributed by atoms with Crippen LogP contribution < -0.4 is 0 Å². The van der Waals surface area contributed by atoms with E-state index in [1.807, 2.05) is 0 Å². The number of nitrogens with zero attached hydrogens (tertiary/aromatic N) is 1. The van der Waals surface area contributed by atoms with Crippen LogP contribution in [0.3, 0.4) is 0 Å². The van der Waals surface area contributed by atoms with Gasteiger partial charge in [-0.1, -0.05) is 74.9 Å². The number of rotatable bonds is 9. The molecular formula is C24H36N+. The second-order valence-corrected chi connectivity index (χ2v) is 8.43. The van der Waals surface area contributed by atoms with Crippen LogP contribution in [0.1, 0.15) is 68.1 Å². The first-order valence-corrected chi connectivity index (χ1v) is 9.87. The SMILES string of the molecule is CCCC(CC(CC)c1ccccc1)c1ccc(C[N+](C)(C)C)cc1. The summed E-state index contributed by atoms with van der Waals surface area (Å²) in [5, 5.41) is 0. The lowest BCUT2D eigenvalue weighted by atomic mass is 9.81. The summed E-state index contributed by atoms with van der Waals surface area (Å²) in [6.45, 7) is 5.72. The van der Waals surface area contributed by atoms with Crippen LogP contribution in [0.25, 0.3) is 0 Å². The van der Waals surface area contributed by atoms with E-state index in [1.165, 1.54) is 42.4 Å². The summed E-state index contributed by atoms with van der Waals surface area (Å²) >= 11 is 0. The van der Waals surface area contributed by atoms with Gasteiger partial charge in [-0.05, 0) is 42.2 Å². The Labute approximate surface area is 155 Å². The van der Waals surface area contributed by atoms with Crippen molar-refractivity contribution in [1.82, 2.24) is 0 Å². The molecular weight excluding hydrogens is 302 g/mol. The van der Waals surface area contributed by atoms with Gasteiger partial charge in [0.2, 0.25) is 0 Å². The summed E-state index contributed by atoms with van der Waals surface area (Å²) < 4.78 is 0.976. The van der Waals surface area contributed by atoms with Crippen LogP contribution in [-0.2, 0) is 6.54 Å². The maximum absolute atomic E-state index is 2.38. The molecule has 0 radical (unpaired) electrons. The van der Waals surface area contributed by atoms with Crippen LogP contribution in [0, 0.1) is 0 Å². The second-order valence-electron chi connectivity index (χ2n) is 8.43. The van der Waals surface area contributed by atoms with Crippen molar-refractivity contribution in [3.63, 3.8) is 0 Å². The van der Waals surface area contributed by atoms with Gasteiger partial charge in [0, 0.05) is 5.56 Å². The molecule has 2 rings (SSSR count). The molecule has 0 spiro atoms. The van der Waals surface area contributed by atoms with Crippen LogP contribution >= 0.6 is 0 Å². The van der Waals surface area contributed by atoms with E-state index in [-0.39, 0.29) is 0 Å². The molecule has 2 aromatic carbocycles. The summed E-state index contributed by atoms with van der Waals surface area (Å²) in [6, 6.07) is 20.5. The third-order valence-electron chi connectivity index (χ3n) is 5.08. The summed E-state index contributed by atoms with van der Waals surface area (Å²) in [4.78, 5) is 0. The highest BCUT2D eigenvalue weighted by atomic mass is 15.3. The van der Waals surface area contributed by atoms with Gasteiger partial charge in [0.05, 0.1) is 21.1 Å². The molecule has 1 heteroatoms. The van der Waals surface area contributed by atoms with E-state index in [4.69, 9.17) is 0 Å². The fourth-order valence-electron chi connectivity index (χ4n) is 3.82. The van der Waals surface area contributed by atoms with E-state index in [0.717, 1.165) is 11.0 Å². The van der Waals surface area contributed by atoms with Crippen molar-refractivity contribution in [3.05, 3.63) is 71.3 Å². The molecule has 2 atom stereocenters. The molecule has 1 nitrogen and oxygen atoms in total. The Kier molecular flexibility index (Phi) is 7.25. The van der Waals surface area contributed by atoms with E-state index < -0.39 is 0 Å². The maximum atomic E-state index is 2.38. The Hall–Kier alpha value is -1.60. The predicted molar refractivity (Wildman–Crippen MR) is 110 cm³/mol. The van der Waals surface area contributed by atoms with Crippen LogP contribution in [0.2, 0.25) is 0 Å². The van der Waals surface area contributed by atoms with Crippen molar-refractivity contribution in [3.8, 4) is 0 Å². The zero-order chi connectivity index (χ0) is 18.3. The van der Waals surface area contributed by atoms with Crippen LogP contribution in [0.15, 0.2) is 54.6 Å². The van der Waals surface area contributed by atoms with Gasteiger partial charge in [-0.2, -0.15) is 0 Å². The predicted octanol–water partition coefficient (Wildman–Crippen LogP) is 6.36. The Morgan fingerprint density at radius 3 is 1.88 bits per heavy atom. The van der Waals surface area contributed by atoms with E-state index in [2.05, 4.69) is 89.6 Å². The highest BCUT2D eigenvalue weighted by Crippen LogP contribution is 2.35. The maximum Gasteiger partial charge on any atom is 0.104 e. The first-order chi connectivity index (χ1) is 11.9. The van der Waals surface area contributed by atoms with Gasteiger partial charge in [0.25, 0.3) is 0 Å². The van der Waals surface area contributed by atoms with Crippen molar-refractivity contribution in [2.45, 2.75) is 57.9 Å². The average molecular weight is 339 g/mol. The van der Waals surface area contributed by atoms with Gasteiger partial charge in [-0.3, -0.25) is 0 Å². The summed E-state index contributed by atoms with van der Waals surface area (Å²) in [5.74, 6) is 1.32. The third-order valence-corrected chi connectivity index (χ3v) is 5.08. The fourth-order valence-corrected chi connectivity index (χ4v) is 3.82. The lowest BCUT2D eigenvalue weighted by Gasteiger charge is -2.25. The molecule has 0 saturated carbocycles. The molecule has 0 aromatic heterocycles. The second kappa shape index (κ2) is 9.20. The molecule has 25 heavy (non-hydrogen) atoms. The molecule has 0 aliphatic heterocycles. The number of hydrogen-bond acceptors (Lipinski definition) is 0. The monoisotopic (exact) mass is 338 g/mol. The Morgan fingerprint density at radius 1 is 0.760 bits per heavy atom. The number of hydrogen-bond donors (Lipinski definition) is 0. The van der Waals surface area contributed by atoms with E-state index in [0.29, 0.717) is 11.8 Å². The Morgan fingerprint density at radius 2 is 1.36 bits per heavy atom. The van der Waals surface area contributed by atoms with Crippen LogP contribution in [-0.4, -0.2) is 25.6 Å². The first kappa shape index (κ1) is 19.7. The van der Waals surface area contributed by atoms with Gasteiger partial charge in [-0.25, -0.2) is 0 Å². The normalized spacial score (nSPS) is 14.3. The first-order valence-electron chi connectivity index (χ1n) is 9.87. The molecule has 0 saturated heterocycles. The molecule has 0 aliphatic rings. The summed E-state index contributed by atoms with van der Waals surface area (Å²) in [7, 11) is 6.75. The van der Waals surface area contributed by atoms with E-state index in [1.54, 1.807) is 0 Å². The van der Waals surface area contributed by atoms with Crippen molar-refractivity contribution in [2.75, 3.05) is 21.1 Å².